The normalized spacial score (nSPS) is 19.6. The van der Waals surface area contributed by atoms with Gasteiger partial charge in [0.05, 0.1) is 0 Å². The van der Waals surface area contributed by atoms with Crippen LogP contribution in [0, 0.1) is 0 Å². The lowest BCUT2D eigenvalue weighted by Gasteiger charge is -2.32. The summed E-state index contributed by atoms with van der Waals surface area (Å²) in [6, 6.07) is 9.42. The predicted molar refractivity (Wildman–Crippen MR) is 99.5 cm³/mol. The molecule has 0 aliphatic heterocycles. The van der Waals surface area contributed by atoms with Gasteiger partial charge in [0.1, 0.15) is 21.7 Å². The molecule has 136 valence electrons. The van der Waals surface area contributed by atoms with Crippen molar-refractivity contribution in [2.75, 3.05) is 0 Å². The van der Waals surface area contributed by atoms with E-state index in [0.29, 0.717) is 0 Å². The number of amides is 2. The smallest absolute Gasteiger partial charge is 0.270 e. The van der Waals surface area contributed by atoms with Gasteiger partial charge in [-0.25, -0.2) is 9.97 Å². The lowest BCUT2D eigenvalue weighted by atomic mass is 9.90. The van der Waals surface area contributed by atoms with E-state index >= 15 is 0 Å². The van der Waals surface area contributed by atoms with Crippen LogP contribution in [-0.4, -0.2) is 33.9 Å². The highest BCUT2D eigenvalue weighted by Crippen LogP contribution is 2.20. The summed E-state index contributed by atoms with van der Waals surface area (Å²) >= 11 is 11.7. The number of carbonyl (C=O) groups is 2. The number of hydrogen-bond acceptors (Lipinski definition) is 4. The van der Waals surface area contributed by atoms with E-state index in [4.69, 9.17) is 23.2 Å². The minimum absolute atomic E-state index is 0.180. The largest absolute Gasteiger partial charge is 0.346 e. The monoisotopic (exact) mass is 392 g/mol. The van der Waals surface area contributed by atoms with Gasteiger partial charge in [-0.15, -0.1) is 0 Å². The SMILES string of the molecule is O=C(NC1CCCCC1NC(=O)c1cccc(Cl)n1)c1cccc(Cl)n1. The van der Waals surface area contributed by atoms with Crippen molar-refractivity contribution in [2.24, 2.45) is 0 Å². The van der Waals surface area contributed by atoms with Crippen LogP contribution < -0.4 is 10.6 Å². The maximum Gasteiger partial charge on any atom is 0.270 e. The van der Waals surface area contributed by atoms with E-state index in [9.17, 15) is 9.59 Å². The molecule has 2 aromatic heterocycles. The van der Waals surface area contributed by atoms with E-state index in [1.165, 1.54) is 0 Å². The van der Waals surface area contributed by atoms with E-state index < -0.39 is 0 Å². The van der Waals surface area contributed by atoms with Gasteiger partial charge in [0.15, 0.2) is 0 Å². The maximum absolute atomic E-state index is 12.4. The Hall–Kier alpha value is -2.18. The third-order valence-electron chi connectivity index (χ3n) is 4.29. The fourth-order valence-electron chi connectivity index (χ4n) is 3.03. The second-order valence-corrected chi connectivity index (χ2v) is 6.91. The van der Waals surface area contributed by atoms with Gasteiger partial charge < -0.3 is 10.6 Å². The molecule has 6 nitrogen and oxygen atoms in total. The molecule has 3 rings (SSSR count). The highest BCUT2D eigenvalue weighted by atomic mass is 35.5. The predicted octanol–water partition coefficient (Wildman–Crippen LogP) is 3.25. The van der Waals surface area contributed by atoms with E-state index in [2.05, 4.69) is 20.6 Å². The third-order valence-corrected chi connectivity index (χ3v) is 4.72. The summed E-state index contributed by atoms with van der Waals surface area (Å²) in [4.78, 5) is 32.9. The average Bonchev–Trinajstić information content (AvgIpc) is 2.63. The zero-order valence-electron chi connectivity index (χ0n) is 13.9. The highest BCUT2D eigenvalue weighted by Gasteiger charge is 2.29. The molecular weight excluding hydrogens is 375 g/mol. The third kappa shape index (κ3) is 4.71. The fraction of sp³-hybridized carbons (Fsp3) is 0.333. The maximum atomic E-state index is 12.4. The number of nitrogens with zero attached hydrogens (tertiary/aromatic N) is 2. The van der Waals surface area contributed by atoms with Crippen LogP contribution in [0.5, 0.6) is 0 Å². The Kier molecular flexibility index (Phi) is 6.06. The van der Waals surface area contributed by atoms with Crippen molar-refractivity contribution in [1.82, 2.24) is 20.6 Å². The van der Waals surface area contributed by atoms with Gasteiger partial charge in [-0.05, 0) is 37.1 Å². The Bertz CT molecular complexity index is 748. The molecule has 1 aliphatic carbocycles. The number of pyridine rings is 2. The van der Waals surface area contributed by atoms with E-state index in [1.54, 1.807) is 36.4 Å². The van der Waals surface area contributed by atoms with Gasteiger partial charge in [0.25, 0.3) is 11.8 Å². The molecule has 2 heterocycles. The first-order chi connectivity index (χ1) is 12.5. The quantitative estimate of drug-likeness (QED) is 0.782. The van der Waals surface area contributed by atoms with E-state index in [-0.39, 0.29) is 45.6 Å². The molecule has 0 aromatic carbocycles. The number of halogens is 2. The molecule has 1 saturated carbocycles. The van der Waals surface area contributed by atoms with E-state index in [0.717, 1.165) is 25.7 Å². The van der Waals surface area contributed by atoms with Gasteiger partial charge in [0.2, 0.25) is 0 Å². The van der Waals surface area contributed by atoms with Gasteiger partial charge in [-0.3, -0.25) is 9.59 Å². The molecule has 2 N–H and O–H groups in total. The molecule has 2 aromatic rings. The molecule has 1 aliphatic rings. The molecule has 8 heteroatoms. The van der Waals surface area contributed by atoms with Gasteiger partial charge >= 0.3 is 0 Å². The van der Waals surface area contributed by atoms with Crippen molar-refractivity contribution in [3.05, 3.63) is 58.1 Å². The van der Waals surface area contributed by atoms with Crippen LogP contribution in [0.1, 0.15) is 46.7 Å². The Morgan fingerprint density at radius 3 is 1.62 bits per heavy atom. The van der Waals surface area contributed by atoms with E-state index in [1.807, 2.05) is 0 Å². The van der Waals surface area contributed by atoms with Crippen molar-refractivity contribution in [2.45, 2.75) is 37.8 Å². The lowest BCUT2D eigenvalue weighted by molar-refractivity contribution is 0.0857. The summed E-state index contributed by atoms with van der Waals surface area (Å²) in [6.45, 7) is 0. The van der Waals surface area contributed by atoms with Crippen LogP contribution in [0.3, 0.4) is 0 Å². The summed E-state index contributed by atoms with van der Waals surface area (Å²) in [5.41, 5.74) is 0.509. The van der Waals surface area contributed by atoms with Crippen molar-refractivity contribution in [3.63, 3.8) is 0 Å². The van der Waals surface area contributed by atoms with Gasteiger partial charge in [0, 0.05) is 12.1 Å². The summed E-state index contributed by atoms with van der Waals surface area (Å²) in [5.74, 6) is -0.612. The summed E-state index contributed by atoms with van der Waals surface area (Å²) in [5, 5.41) is 6.44. The molecular formula is C18H18Cl2N4O2. The number of hydrogen-bond donors (Lipinski definition) is 2. The Balaban J connectivity index is 1.67. The molecule has 2 unspecified atom stereocenters. The Morgan fingerprint density at radius 2 is 1.23 bits per heavy atom. The molecule has 0 spiro atoms. The highest BCUT2D eigenvalue weighted by molar-refractivity contribution is 6.29. The molecule has 0 saturated heterocycles. The number of carbonyl (C=O) groups excluding carboxylic acids is 2. The summed E-state index contributed by atoms with van der Waals surface area (Å²) in [7, 11) is 0. The summed E-state index contributed by atoms with van der Waals surface area (Å²) < 4.78 is 0. The van der Waals surface area contributed by atoms with Crippen LogP contribution >= 0.6 is 23.2 Å². The zero-order valence-corrected chi connectivity index (χ0v) is 15.4. The van der Waals surface area contributed by atoms with Crippen LogP contribution in [-0.2, 0) is 0 Å². The van der Waals surface area contributed by atoms with Gasteiger partial charge in [-0.1, -0.05) is 48.2 Å². The minimum atomic E-state index is -0.306. The zero-order chi connectivity index (χ0) is 18.5. The fourth-order valence-corrected chi connectivity index (χ4v) is 3.36. The Morgan fingerprint density at radius 1 is 0.808 bits per heavy atom. The number of nitrogens with one attached hydrogen (secondary N) is 2. The first kappa shape index (κ1) is 18.6. The average molecular weight is 393 g/mol. The first-order valence-electron chi connectivity index (χ1n) is 8.40. The minimum Gasteiger partial charge on any atom is -0.346 e. The molecule has 1 fully saturated rings. The van der Waals surface area contributed by atoms with Crippen LogP contribution in [0.4, 0.5) is 0 Å². The topological polar surface area (TPSA) is 84.0 Å². The van der Waals surface area contributed by atoms with Crippen LogP contribution in [0.15, 0.2) is 36.4 Å². The Labute approximate surface area is 161 Å². The molecule has 0 bridgehead atoms. The lowest BCUT2D eigenvalue weighted by Crippen LogP contribution is -2.53. The van der Waals surface area contributed by atoms with Gasteiger partial charge in [-0.2, -0.15) is 0 Å². The molecule has 0 radical (unpaired) electrons. The molecule has 26 heavy (non-hydrogen) atoms. The second kappa shape index (κ2) is 8.47. The number of aromatic nitrogens is 2. The van der Waals surface area contributed by atoms with Crippen molar-refractivity contribution in [1.29, 1.82) is 0 Å². The number of rotatable bonds is 4. The van der Waals surface area contributed by atoms with Crippen molar-refractivity contribution in [3.8, 4) is 0 Å². The van der Waals surface area contributed by atoms with Crippen LogP contribution in [0.2, 0.25) is 10.3 Å². The standard InChI is InChI=1S/C18H18Cl2N4O2/c19-15-9-3-7-13(21-15)17(25)23-11-5-1-2-6-12(11)24-18(26)14-8-4-10-16(20)22-14/h3-4,7-12H,1-2,5-6H2,(H,23,25)(H,24,26). The molecule has 2 amide bonds. The molecule has 2 atom stereocenters. The van der Waals surface area contributed by atoms with Crippen molar-refractivity contribution >= 4 is 35.0 Å². The van der Waals surface area contributed by atoms with Crippen molar-refractivity contribution < 1.29 is 9.59 Å². The second-order valence-electron chi connectivity index (χ2n) is 6.14. The summed E-state index contributed by atoms with van der Waals surface area (Å²) in [6.07, 6.45) is 3.52. The van der Waals surface area contributed by atoms with Crippen LogP contribution in [0.25, 0.3) is 0 Å². The first-order valence-corrected chi connectivity index (χ1v) is 9.15.